The van der Waals surface area contributed by atoms with Crippen molar-refractivity contribution in [2.45, 2.75) is 109 Å². The first-order chi connectivity index (χ1) is 9.80. The zero-order valence-electron chi connectivity index (χ0n) is 15.6. The Bertz CT molecular complexity index is 270. The lowest BCUT2D eigenvalue weighted by atomic mass is 9.92. The molecule has 0 aliphatic heterocycles. The van der Waals surface area contributed by atoms with Crippen LogP contribution in [-0.4, -0.2) is 20.4 Å². The van der Waals surface area contributed by atoms with Gasteiger partial charge in [0.25, 0.3) is 0 Å². The monoisotopic (exact) mass is 312 g/mol. The van der Waals surface area contributed by atoms with Gasteiger partial charge < -0.3 is 4.74 Å². The molecule has 0 heterocycles. The van der Waals surface area contributed by atoms with Crippen LogP contribution in [0.1, 0.15) is 85.5 Å². The van der Waals surface area contributed by atoms with Crippen molar-refractivity contribution < 1.29 is 4.74 Å². The number of rotatable bonds is 4. The van der Waals surface area contributed by atoms with E-state index in [2.05, 4.69) is 40.8 Å². The molecule has 1 rings (SSSR count). The van der Waals surface area contributed by atoms with Crippen molar-refractivity contribution in [1.82, 2.24) is 0 Å². The van der Waals surface area contributed by atoms with Crippen LogP contribution in [0, 0.1) is 5.92 Å². The quantitative estimate of drug-likeness (QED) is 0.533. The van der Waals surface area contributed by atoms with E-state index >= 15 is 0 Å². The highest BCUT2D eigenvalue weighted by Gasteiger charge is 2.45. The fraction of sp³-hybridized carbons (Fsp3) is 1.00. The van der Waals surface area contributed by atoms with Crippen LogP contribution < -0.4 is 0 Å². The fourth-order valence-corrected chi connectivity index (χ4v) is 6.63. The maximum Gasteiger partial charge on any atom is 0.0872 e. The van der Waals surface area contributed by atoms with Gasteiger partial charge in [0, 0.05) is 6.61 Å². The lowest BCUT2D eigenvalue weighted by Crippen LogP contribution is -2.54. The van der Waals surface area contributed by atoms with Gasteiger partial charge in [-0.15, -0.1) is 0 Å². The van der Waals surface area contributed by atoms with Gasteiger partial charge in [0.1, 0.15) is 0 Å². The summed E-state index contributed by atoms with van der Waals surface area (Å²) in [6.45, 7) is 15.5. The summed E-state index contributed by atoms with van der Waals surface area (Å²) in [6.07, 6.45) is 12.9. The minimum atomic E-state index is -1.43. The molecule has 0 aromatic heterocycles. The van der Waals surface area contributed by atoms with Crippen molar-refractivity contribution >= 4 is 8.07 Å². The van der Waals surface area contributed by atoms with Gasteiger partial charge in [0.05, 0.1) is 13.8 Å². The third kappa shape index (κ3) is 5.71. The van der Waals surface area contributed by atoms with Gasteiger partial charge in [-0.2, -0.15) is 0 Å². The van der Waals surface area contributed by atoms with Crippen LogP contribution >= 0.6 is 0 Å². The molecule has 21 heavy (non-hydrogen) atoms. The van der Waals surface area contributed by atoms with E-state index in [0.29, 0.717) is 10.8 Å². The van der Waals surface area contributed by atoms with Gasteiger partial charge in [-0.05, 0) is 30.7 Å². The second kappa shape index (κ2) is 8.72. The Morgan fingerprint density at radius 3 is 1.71 bits per heavy atom. The zero-order valence-corrected chi connectivity index (χ0v) is 16.6. The molecule has 0 spiro atoms. The molecular formula is C19H40OSi. The molecule has 1 atom stereocenters. The van der Waals surface area contributed by atoms with Crippen LogP contribution in [-0.2, 0) is 4.74 Å². The maximum atomic E-state index is 6.40. The normalized spacial score (nSPS) is 22.0. The Labute approximate surface area is 135 Å². The predicted molar refractivity (Wildman–Crippen MR) is 97.7 cm³/mol. The fourth-order valence-electron chi connectivity index (χ4n) is 3.68. The first-order valence-electron chi connectivity index (χ1n) is 9.42. The molecular weight excluding hydrogens is 272 g/mol. The Hall–Kier alpha value is 0.177. The summed E-state index contributed by atoms with van der Waals surface area (Å²) in [6, 6.07) is 0. The predicted octanol–water partition coefficient (Wildman–Crippen LogP) is 6.58. The first-order valence-corrected chi connectivity index (χ1v) is 12.5. The van der Waals surface area contributed by atoms with Crippen LogP contribution in [0.4, 0.5) is 0 Å². The van der Waals surface area contributed by atoms with E-state index in [0.717, 1.165) is 12.5 Å². The highest BCUT2D eigenvalue weighted by molar-refractivity contribution is 6.81. The first kappa shape index (κ1) is 19.2. The third-order valence-electron chi connectivity index (χ3n) is 6.07. The molecule has 126 valence electrons. The van der Waals surface area contributed by atoms with E-state index in [4.69, 9.17) is 4.74 Å². The molecule has 0 aromatic carbocycles. The van der Waals surface area contributed by atoms with Crippen molar-refractivity contribution in [3.63, 3.8) is 0 Å². The summed E-state index contributed by atoms with van der Waals surface area (Å²) in [7, 11) is -1.43. The van der Waals surface area contributed by atoms with E-state index in [9.17, 15) is 0 Å². The molecule has 0 radical (unpaired) electrons. The van der Waals surface area contributed by atoms with E-state index < -0.39 is 8.07 Å². The zero-order chi connectivity index (χ0) is 15.9. The third-order valence-corrected chi connectivity index (χ3v) is 12.0. The molecule has 0 bridgehead atoms. The molecule has 2 heteroatoms. The van der Waals surface area contributed by atoms with E-state index in [1.165, 1.54) is 57.8 Å². The Balaban J connectivity index is 2.84. The summed E-state index contributed by atoms with van der Waals surface area (Å²) in [5.41, 5.74) is 0.543. The molecule has 1 aliphatic rings. The average Bonchev–Trinajstić information content (AvgIpc) is 2.41. The van der Waals surface area contributed by atoms with Crippen molar-refractivity contribution in [3.8, 4) is 0 Å². The molecule has 1 nitrogen and oxygen atoms in total. The average molecular weight is 313 g/mol. The molecule has 0 aromatic rings. The van der Waals surface area contributed by atoms with Gasteiger partial charge in [0.15, 0.2) is 0 Å². The highest BCUT2D eigenvalue weighted by atomic mass is 28.3. The second-order valence-electron chi connectivity index (χ2n) is 8.66. The molecule has 0 saturated heterocycles. The van der Waals surface area contributed by atoms with Gasteiger partial charge in [-0.1, -0.05) is 78.8 Å². The molecule has 0 amide bonds. The molecule has 0 N–H and O–H groups in total. The van der Waals surface area contributed by atoms with E-state index in [1.807, 2.05) is 0 Å². The Morgan fingerprint density at radius 2 is 1.33 bits per heavy atom. The van der Waals surface area contributed by atoms with Crippen LogP contribution in [0.5, 0.6) is 0 Å². The SMILES string of the molecule is CCOC(C1CCCCCCCCC1)[Si](C)(C)C(C)(C)C. The maximum absolute atomic E-state index is 6.40. The highest BCUT2D eigenvalue weighted by Crippen LogP contribution is 2.43. The minimum absolute atomic E-state index is 0.419. The summed E-state index contributed by atoms with van der Waals surface area (Å²) in [4.78, 5) is 0. The van der Waals surface area contributed by atoms with Gasteiger partial charge in [-0.3, -0.25) is 0 Å². The van der Waals surface area contributed by atoms with E-state index in [1.54, 1.807) is 0 Å². The van der Waals surface area contributed by atoms with Crippen molar-refractivity contribution in [2.75, 3.05) is 6.61 Å². The smallest absolute Gasteiger partial charge is 0.0872 e. The minimum Gasteiger partial charge on any atom is -0.382 e. The molecule has 1 unspecified atom stereocenters. The molecule has 1 fully saturated rings. The Kier molecular flexibility index (Phi) is 7.98. The lowest BCUT2D eigenvalue weighted by molar-refractivity contribution is 0.0570. The Morgan fingerprint density at radius 1 is 0.905 bits per heavy atom. The molecule has 1 aliphatic carbocycles. The molecule has 1 saturated carbocycles. The topological polar surface area (TPSA) is 9.23 Å². The van der Waals surface area contributed by atoms with Crippen LogP contribution in [0.25, 0.3) is 0 Å². The summed E-state index contributed by atoms with van der Waals surface area (Å²) >= 11 is 0. The van der Waals surface area contributed by atoms with Crippen LogP contribution in [0.3, 0.4) is 0 Å². The number of hydrogen-bond donors (Lipinski definition) is 0. The van der Waals surface area contributed by atoms with Crippen molar-refractivity contribution in [1.29, 1.82) is 0 Å². The number of hydrogen-bond acceptors (Lipinski definition) is 1. The van der Waals surface area contributed by atoms with Crippen LogP contribution in [0.2, 0.25) is 18.1 Å². The largest absolute Gasteiger partial charge is 0.382 e. The summed E-state index contributed by atoms with van der Waals surface area (Å²) in [5.74, 6) is 0.809. The van der Waals surface area contributed by atoms with Gasteiger partial charge in [0.2, 0.25) is 0 Å². The van der Waals surface area contributed by atoms with Crippen molar-refractivity contribution in [3.05, 3.63) is 0 Å². The van der Waals surface area contributed by atoms with Gasteiger partial charge in [-0.25, -0.2) is 0 Å². The second-order valence-corrected chi connectivity index (χ2v) is 14.2. The van der Waals surface area contributed by atoms with Crippen molar-refractivity contribution in [2.24, 2.45) is 5.92 Å². The summed E-state index contributed by atoms with van der Waals surface area (Å²) < 4.78 is 6.40. The summed E-state index contributed by atoms with van der Waals surface area (Å²) in [5, 5.41) is 0.419. The standard InChI is InChI=1S/C19H40OSi/c1-7-20-18(21(5,6)19(2,3)4)17-15-13-11-9-8-10-12-14-16-17/h17-18H,7-16H2,1-6H3. The van der Waals surface area contributed by atoms with Gasteiger partial charge >= 0.3 is 0 Å². The lowest BCUT2D eigenvalue weighted by Gasteiger charge is -2.46. The number of ether oxygens (including phenoxy) is 1. The van der Waals surface area contributed by atoms with E-state index in [-0.39, 0.29) is 0 Å². The van der Waals surface area contributed by atoms with Crippen LogP contribution in [0.15, 0.2) is 0 Å².